The Bertz CT molecular complexity index is 583. The third-order valence-corrected chi connectivity index (χ3v) is 3.21. The average molecular weight is 258 g/mol. The minimum absolute atomic E-state index is 0.0639. The van der Waals surface area contributed by atoms with Crippen molar-refractivity contribution in [3.8, 4) is 11.1 Å². The van der Waals surface area contributed by atoms with Gasteiger partial charge >= 0.3 is 5.97 Å². The summed E-state index contributed by atoms with van der Waals surface area (Å²) in [7, 11) is 0. The quantitative estimate of drug-likeness (QED) is 0.885. The average Bonchev–Trinajstić information content (AvgIpc) is 2.70. The van der Waals surface area contributed by atoms with Crippen LogP contribution in [0.2, 0.25) is 0 Å². The maximum atomic E-state index is 10.9. The Balaban J connectivity index is 2.40. The molecule has 0 atom stereocenters. The number of nitrogens with one attached hydrogen (secondary N) is 1. The number of aliphatic carboxylic acids is 1. The first-order valence-corrected chi connectivity index (χ1v) is 6.35. The van der Waals surface area contributed by atoms with Crippen LogP contribution in [0.1, 0.15) is 36.7 Å². The van der Waals surface area contributed by atoms with Gasteiger partial charge in [-0.15, -0.1) is 0 Å². The van der Waals surface area contributed by atoms with Crippen LogP contribution in [0.25, 0.3) is 11.1 Å². The summed E-state index contributed by atoms with van der Waals surface area (Å²) in [6.07, 6.45) is -0.0639. The molecule has 0 radical (unpaired) electrons. The highest BCUT2D eigenvalue weighted by Gasteiger charge is 2.15. The zero-order valence-electron chi connectivity index (χ0n) is 11.4. The van der Waals surface area contributed by atoms with E-state index in [-0.39, 0.29) is 6.42 Å². The molecule has 2 aromatic rings. The molecule has 0 spiro atoms. The van der Waals surface area contributed by atoms with Gasteiger partial charge in [0.25, 0.3) is 0 Å². The highest BCUT2D eigenvalue weighted by Crippen LogP contribution is 2.27. The van der Waals surface area contributed by atoms with Crippen LogP contribution in [-0.2, 0) is 11.2 Å². The lowest BCUT2D eigenvalue weighted by molar-refractivity contribution is -0.136. The number of benzene rings is 1. The van der Waals surface area contributed by atoms with E-state index in [9.17, 15) is 4.79 Å². The Morgan fingerprint density at radius 1 is 1.32 bits per heavy atom. The summed E-state index contributed by atoms with van der Waals surface area (Å²) in [5, 5.41) is 15.9. The van der Waals surface area contributed by atoms with Crippen molar-refractivity contribution in [1.29, 1.82) is 0 Å². The topological polar surface area (TPSA) is 66.0 Å². The van der Waals surface area contributed by atoms with Gasteiger partial charge in [0.15, 0.2) is 0 Å². The van der Waals surface area contributed by atoms with Crippen molar-refractivity contribution in [2.45, 2.75) is 33.1 Å². The number of carboxylic acid groups (broad SMARTS) is 1. The minimum atomic E-state index is -0.869. The summed E-state index contributed by atoms with van der Waals surface area (Å²) < 4.78 is 0. The van der Waals surface area contributed by atoms with Gasteiger partial charge < -0.3 is 5.11 Å². The predicted molar refractivity (Wildman–Crippen MR) is 74.2 cm³/mol. The number of hydrogen-bond acceptors (Lipinski definition) is 2. The first-order valence-electron chi connectivity index (χ1n) is 6.35. The fourth-order valence-electron chi connectivity index (χ4n) is 2.17. The van der Waals surface area contributed by atoms with Gasteiger partial charge in [0.2, 0.25) is 0 Å². The molecule has 0 amide bonds. The lowest BCUT2D eigenvalue weighted by Gasteiger charge is -2.07. The second-order valence-corrected chi connectivity index (χ2v) is 5.02. The van der Waals surface area contributed by atoms with Crippen LogP contribution in [0.4, 0.5) is 0 Å². The van der Waals surface area contributed by atoms with Crippen molar-refractivity contribution in [3.05, 3.63) is 41.2 Å². The molecule has 2 rings (SSSR count). The second-order valence-electron chi connectivity index (χ2n) is 5.02. The second kappa shape index (κ2) is 5.26. The first-order chi connectivity index (χ1) is 8.99. The number of aryl methyl sites for hydroxylation is 1. The van der Waals surface area contributed by atoms with Gasteiger partial charge in [-0.1, -0.05) is 38.1 Å². The number of rotatable bonds is 4. The lowest BCUT2D eigenvalue weighted by atomic mass is 9.97. The largest absolute Gasteiger partial charge is 0.481 e. The Labute approximate surface area is 112 Å². The van der Waals surface area contributed by atoms with Gasteiger partial charge in [0.05, 0.1) is 12.1 Å². The van der Waals surface area contributed by atoms with Crippen LogP contribution in [-0.4, -0.2) is 21.3 Å². The van der Waals surface area contributed by atoms with Gasteiger partial charge in [0.1, 0.15) is 0 Å². The van der Waals surface area contributed by atoms with Crippen molar-refractivity contribution in [2.75, 3.05) is 0 Å². The van der Waals surface area contributed by atoms with E-state index in [1.54, 1.807) is 0 Å². The molecule has 4 heteroatoms. The SMILES string of the molecule is Cc1[nH]nc(CC(=O)O)c1-c1ccc(C(C)C)cc1. The summed E-state index contributed by atoms with van der Waals surface area (Å²) in [6.45, 7) is 6.20. The number of hydrogen-bond donors (Lipinski definition) is 2. The van der Waals surface area contributed by atoms with Crippen molar-refractivity contribution in [3.63, 3.8) is 0 Å². The number of nitrogens with zero attached hydrogens (tertiary/aromatic N) is 1. The molecular weight excluding hydrogens is 240 g/mol. The molecule has 0 bridgehead atoms. The molecule has 19 heavy (non-hydrogen) atoms. The molecule has 1 aromatic heterocycles. The Morgan fingerprint density at radius 2 is 1.95 bits per heavy atom. The molecule has 0 aliphatic carbocycles. The molecule has 100 valence electrons. The summed E-state index contributed by atoms with van der Waals surface area (Å²) in [6, 6.07) is 8.21. The molecule has 0 saturated heterocycles. The Hall–Kier alpha value is -2.10. The van der Waals surface area contributed by atoms with Gasteiger partial charge in [-0.3, -0.25) is 9.89 Å². The highest BCUT2D eigenvalue weighted by molar-refractivity contribution is 5.76. The molecule has 1 aromatic carbocycles. The Kier molecular flexibility index (Phi) is 3.69. The predicted octanol–water partition coefficient (Wildman–Crippen LogP) is 3.14. The van der Waals surface area contributed by atoms with E-state index < -0.39 is 5.97 Å². The van der Waals surface area contributed by atoms with E-state index in [4.69, 9.17) is 5.11 Å². The van der Waals surface area contributed by atoms with E-state index >= 15 is 0 Å². The number of H-pyrrole nitrogens is 1. The van der Waals surface area contributed by atoms with Gasteiger partial charge in [-0.25, -0.2) is 0 Å². The van der Waals surface area contributed by atoms with Gasteiger partial charge in [-0.05, 0) is 24.0 Å². The molecule has 4 nitrogen and oxygen atoms in total. The maximum absolute atomic E-state index is 10.9. The smallest absolute Gasteiger partial charge is 0.309 e. The standard InChI is InChI=1S/C15H18N2O2/c1-9(2)11-4-6-12(7-5-11)15-10(3)16-17-13(15)8-14(18)19/h4-7,9H,8H2,1-3H3,(H,16,17)(H,18,19). The number of carbonyl (C=O) groups is 1. The summed E-state index contributed by atoms with van der Waals surface area (Å²) >= 11 is 0. The van der Waals surface area contributed by atoms with Crippen molar-refractivity contribution in [2.24, 2.45) is 0 Å². The minimum Gasteiger partial charge on any atom is -0.481 e. The van der Waals surface area contributed by atoms with E-state index in [1.807, 2.05) is 19.1 Å². The number of aromatic nitrogens is 2. The van der Waals surface area contributed by atoms with E-state index in [2.05, 4.69) is 36.2 Å². The van der Waals surface area contributed by atoms with Crippen LogP contribution in [0.3, 0.4) is 0 Å². The van der Waals surface area contributed by atoms with Crippen LogP contribution < -0.4 is 0 Å². The third-order valence-electron chi connectivity index (χ3n) is 3.21. The zero-order chi connectivity index (χ0) is 14.0. The van der Waals surface area contributed by atoms with Crippen molar-refractivity contribution in [1.82, 2.24) is 10.2 Å². The zero-order valence-corrected chi connectivity index (χ0v) is 11.4. The van der Waals surface area contributed by atoms with Crippen LogP contribution in [0, 0.1) is 6.92 Å². The van der Waals surface area contributed by atoms with E-state index in [1.165, 1.54) is 5.56 Å². The summed E-state index contributed by atoms with van der Waals surface area (Å²) in [5.41, 5.74) is 4.66. The lowest BCUT2D eigenvalue weighted by Crippen LogP contribution is -2.02. The highest BCUT2D eigenvalue weighted by atomic mass is 16.4. The molecule has 0 fully saturated rings. The van der Waals surface area contributed by atoms with Gasteiger partial charge in [0, 0.05) is 11.3 Å². The number of aromatic amines is 1. The van der Waals surface area contributed by atoms with Crippen molar-refractivity contribution < 1.29 is 9.90 Å². The molecule has 0 aliphatic heterocycles. The van der Waals surface area contributed by atoms with Crippen molar-refractivity contribution >= 4 is 5.97 Å². The van der Waals surface area contributed by atoms with Gasteiger partial charge in [-0.2, -0.15) is 5.10 Å². The summed E-state index contributed by atoms with van der Waals surface area (Å²) in [4.78, 5) is 10.9. The normalized spacial score (nSPS) is 10.9. The summed E-state index contributed by atoms with van der Waals surface area (Å²) in [5.74, 6) is -0.385. The first kappa shape index (κ1) is 13.3. The Morgan fingerprint density at radius 3 is 2.47 bits per heavy atom. The molecular formula is C15H18N2O2. The molecule has 0 unspecified atom stereocenters. The molecule has 1 heterocycles. The number of carboxylic acids is 1. The van der Waals surface area contributed by atoms with Crippen LogP contribution in [0.5, 0.6) is 0 Å². The van der Waals surface area contributed by atoms with Crippen LogP contribution >= 0.6 is 0 Å². The molecule has 0 aliphatic rings. The third kappa shape index (κ3) is 2.84. The maximum Gasteiger partial charge on any atom is 0.309 e. The fourth-order valence-corrected chi connectivity index (χ4v) is 2.17. The van der Waals surface area contributed by atoms with Crippen LogP contribution in [0.15, 0.2) is 24.3 Å². The molecule has 2 N–H and O–H groups in total. The van der Waals surface area contributed by atoms with E-state index in [0.29, 0.717) is 11.6 Å². The van der Waals surface area contributed by atoms with E-state index in [0.717, 1.165) is 16.8 Å². The molecule has 0 saturated carbocycles. The fraction of sp³-hybridized carbons (Fsp3) is 0.333. The monoisotopic (exact) mass is 258 g/mol.